The minimum atomic E-state index is -4.40. The largest absolute Gasteiger partial charge is 0.493 e. The molecule has 0 aliphatic carbocycles. The highest BCUT2D eigenvalue weighted by Crippen LogP contribution is 2.40. The first-order chi connectivity index (χ1) is 10.0. The van der Waals surface area contributed by atoms with Gasteiger partial charge in [0, 0.05) is 5.56 Å². The average Bonchev–Trinajstić information content (AvgIpc) is 2.47. The van der Waals surface area contributed by atoms with Gasteiger partial charge in [-0.15, -0.1) is 12.4 Å². The number of hydrogen-bond acceptors (Lipinski definition) is 2. The highest BCUT2D eigenvalue weighted by atomic mass is 35.5. The van der Waals surface area contributed by atoms with Gasteiger partial charge in [0.2, 0.25) is 0 Å². The predicted octanol–water partition coefficient (Wildman–Crippen LogP) is 4.52. The molecule has 0 saturated carbocycles. The summed E-state index contributed by atoms with van der Waals surface area (Å²) in [4.78, 5) is 0. The van der Waals surface area contributed by atoms with Gasteiger partial charge in [0.1, 0.15) is 5.75 Å². The second-order valence-electron chi connectivity index (χ2n) is 4.53. The van der Waals surface area contributed by atoms with Gasteiger partial charge in [-0.25, -0.2) is 0 Å². The second kappa shape index (κ2) is 8.06. The molecule has 0 unspecified atom stereocenters. The molecule has 0 spiro atoms. The van der Waals surface area contributed by atoms with Gasteiger partial charge in [-0.05, 0) is 30.7 Å². The Hall–Kier alpha value is -1.72. The van der Waals surface area contributed by atoms with Crippen molar-refractivity contribution in [3.05, 3.63) is 54.1 Å². The molecular weight excluding hydrogens is 315 g/mol. The molecule has 0 heterocycles. The Morgan fingerprint density at radius 2 is 1.50 bits per heavy atom. The van der Waals surface area contributed by atoms with Crippen LogP contribution in [0.2, 0.25) is 0 Å². The molecule has 0 aliphatic rings. The van der Waals surface area contributed by atoms with Crippen molar-refractivity contribution in [2.24, 2.45) is 5.73 Å². The SMILES string of the molecule is Cl.NCCCOc1ccccc1-c1ccccc1C(F)(F)F. The molecule has 0 radical (unpaired) electrons. The third-order valence-electron chi connectivity index (χ3n) is 3.02. The Morgan fingerprint density at radius 1 is 0.909 bits per heavy atom. The van der Waals surface area contributed by atoms with Crippen molar-refractivity contribution in [3.8, 4) is 16.9 Å². The maximum Gasteiger partial charge on any atom is 0.417 e. The fourth-order valence-electron chi connectivity index (χ4n) is 2.05. The third-order valence-corrected chi connectivity index (χ3v) is 3.02. The van der Waals surface area contributed by atoms with E-state index in [4.69, 9.17) is 10.5 Å². The molecule has 0 atom stereocenters. The van der Waals surface area contributed by atoms with Crippen LogP contribution in [0.1, 0.15) is 12.0 Å². The number of rotatable bonds is 5. The minimum Gasteiger partial charge on any atom is -0.493 e. The summed E-state index contributed by atoms with van der Waals surface area (Å²) >= 11 is 0. The van der Waals surface area contributed by atoms with Crippen molar-refractivity contribution in [1.29, 1.82) is 0 Å². The molecule has 0 saturated heterocycles. The van der Waals surface area contributed by atoms with E-state index in [0.29, 0.717) is 30.9 Å². The number of alkyl halides is 3. The van der Waals surface area contributed by atoms with Gasteiger partial charge in [0.15, 0.2) is 0 Å². The molecule has 0 bridgehead atoms. The Balaban J connectivity index is 0.00000242. The molecular formula is C16H17ClF3NO. The fraction of sp³-hybridized carbons (Fsp3) is 0.250. The molecule has 2 aromatic rings. The Kier molecular flexibility index (Phi) is 6.71. The van der Waals surface area contributed by atoms with Crippen LogP contribution in [0, 0.1) is 0 Å². The van der Waals surface area contributed by atoms with Gasteiger partial charge >= 0.3 is 6.18 Å². The van der Waals surface area contributed by atoms with Gasteiger partial charge in [0.05, 0.1) is 12.2 Å². The van der Waals surface area contributed by atoms with Crippen molar-refractivity contribution < 1.29 is 17.9 Å². The molecule has 2 aromatic carbocycles. The lowest BCUT2D eigenvalue weighted by molar-refractivity contribution is -0.137. The van der Waals surface area contributed by atoms with Crippen LogP contribution < -0.4 is 10.5 Å². The number of para-hydroxylation sites is 1. The Morgan fingerprint density at radius 3 is 2.14 bits per heavy atom. The quantitative estimate of drug-likeness (QED) is 0.817. The lowest BCUT2D eigenvalue weighted by atomic mass is 9.98. The molecule has 2 N–H and O–H groups in total. The Labute approximate surface area is 133 Å². The predicted molar refractivity (Wildman–Crippen MR) is 83.3 cm³/mol. The monoisotopic (exact) mass is 331 g/mol. The van der Waals surface area contributed by atoms with E-state index in [1.165, 1.54) is 12.1 Å². The van der Waals surface area contributed by atoms with Crippen LogP contribution in [0.15, 0.2) is 48.5 Å². The van der Waals surface area contributed by atoms with E-state index < -0.39 is 11.7 Å². The first kappa shape index (κ1) is 18.3. The maximum absolute atomic E-state index is 13.1. The van der Waals surface area contributed by atoms with Gasteiger partial charge < -0.3 is 10.5 Å². The van der Waals surface area contributed by atoms with Crippen LogP contribution in [0.25, 0.3) is 11.1 Å². The fourth-order valence-corrected chi connectivity index (χ4v) is 2.05. The topological polar surface area (TPSA) is 35.2 Å². The number of ether oxygens (including phenoxy) is 1. The summed E-state index contributed by atoms with van der Waals surface area (Å²) in [5.74, 6) is 0.433. The summed E-state index contributed by atoms with van der Waals surface area (Å²) < 4.78 is 44.9. The van der Waals surface area contributed by atoms with Crippen molar-refractivity contribution in [2.75, 3.05) is 13.2 Å². The first-order valence-corrected chi connectivity index (χ1v) is 6.62. The second-order valence-corrected chi connectivity index (χ2v) is 4.53. The number of benzene rings is 2. The van der Waals surface area contributed by atoms with Gasteiger partial charge in [-0.2, -0.15) is 13.2 Å². The molecule has 120 valence electrons. The lowest BCUT2D eigenvalue weighted by Gasteiger charge is -2.16. The van der Waals surface area contributed by atoms with Gasteiger partial charge in [-0.1, -0.05) is 36.4 Å². The summed E-state index contributed by atoms with van der Waals surface area (Å²) in [5, 5.41) is 0. The third kappa shape index (κ3) is 4.39. The van der Waals surface area contributed by atoms with E-state index in [1.807, 2.05) is 0 Å². The zero-order valence-electron chi connectivity index (χ0n) is 11.8. The first-order valence-electron chi connectivity index (χ1n) is 6.62. The molecule has 2 rings (SSSR count). The van der Waals surface area contributed by atoms with Crippen LogP contribution in [0.3, 0.4) is 0 Å². The highest BCUT2D eigenvalue weighted by molar-refractivity contribution is 5.85. The smallest absolute Gasteiger partial charge is 0.417 e. The number of halogens is 4. The molecule has 0 aromatic heterocycles. The van der Waals surface area contributed by atoms with Gasteiger partial charge in [0.25, 0.3) is 0 Å². The van der Waals surface area contributed by atoms with E-state index >= 15 is 0 Å². The van der Waals surface area contributed by atoms with Gasteiger partial charge in [-0.3, -0.25) is 0 Å². The van der Waals surface area contributed by atoms with E-state index in [0.717, 1.165) is 6.07 Å². The molecule has 0 amide bonds. The van der Waals surface area contributed by atoms with E-state index in [2.05, 4.69) is 0 Å². The highest BCUT2D eigenvalue weighted by Gasteiger charge is 2.33. The average molecular weight is 332 g/mol. The van der Waals surface area contributed by atoms with Crippen LogP contribution in [0.4, 0.5) is 13.2 Å². The molecule has 6 heteroatoms. The summed E-state index contributed by atoms with van der Waals surface area (Å²) in [6.07, 6.45) is -3.75. The number of hydrogen-bond donors (Lipinski definition) is 1. The molecule has 2 nitrogen and oxygen atoms in total. The summed E-state index contributed by atoms with van der Waals surface area (Å²) in [7, 11) is 0. The van der Waals surface area contributed by atoms with Crippen LogP contribution in [-0.2, 0) is 6.18 Å². The van der Waals surface area contributed by atoms with Crippen LogP contribution >= 0.6 is 12.4 Å². The number of nitrogens with two attached hydrogens (primary N) is 1. The van der Waals surface area contributed by atoms with E-state index in [1.54, 1.807) is 30.3 Å². The van der Waals surface area contributed by atoms with E-state index in [9.17, 15) is 13.2 Å². The summed E-state index contributed by atoms with van der Waals surface area (Å²) in [6.45, 7) is 0.850. The molecule has 0 fully saturated rings. The molecule has 0 aliphatic heterocycles. The van der Waals surface area contributed by atoms with Crippen molar-refractivity contribution in [1.82, 2.24) is 0 Å². The van der Waals surface area contributed by atoms with Crippen molar-refractivity contribution in [3.63, 3.8) is 0 Å². The zero-order chi connectivity index (χ0) is 15.3. The lowest BCUT2D eigenvalue weighted by Crippen LogP contribution is -2.09. The van der Waals surface area contributed by atoms with E-state index in [-0.39, 0.29) is 18.0 Å². The standard InChI is InChI=1S/C16H16F3NO.ClH/c17-16(18,19)14-8-3-1-6-12(14)13-7-2-4-9-15(13)21-11-5-10-20;/h1-4,6-9H,5,10-11,20H2;1H. The molecule has 22 heavy (non-hydrogen) atoms. The zero-order valence-corrected chi connectivity index (χ0v) is 12.6. The Bertz CT molecular complexity index is 602. The van der Waals surface area contributed by atoms with Crippen LogP contribution in [0.5, 0.6) is 5.75 Å². The minimum absolute atomic E-state index is 0. The maximum atomic E-state index is 13.1. The van der Waals surface area contributed by atoms with Crippen LogP contribution in [-0.4, -0.2) is 13.2 Å². The summed E-state index contributed by atoms with van der Waals surface area (Å²) in [6, 6.07) is 12.2. The normalized spacial score (nSPS) is 10.9. The van der Waals surface area contributed by atoms with Crippen molar-refractivity contribution >= 4 is 12.4 Å². The summed E-state index contributed by atoms with van der Waals surface area (Å²) in [5.41, 5.74) is 5.28. The van der Waals surface area contributed by atoms with Crippen molar-refractivity contribution in [2.45, 2.75) is 12.6 Å².